The van der Waals surface area contributed by atoms with Crippen molar-refractivity contribution >= 4 is 32.3 Å². The minimum Gasteiger partial charge on any atom is -0.497 e. The van der Waals surface area contributed by atoms with Crippen molar-refractivity contribution in [2.45, 2.75) is 0 Å². The summed E-state index contributed by atoms with van der Waals surface area (Å²) >= 11 is 0. The van der Waals surface area contributed by atoms with Gasteiger partial charge in [-0.1, -0.05) is 54.6 Å². The molecule has 96 valence electrons. The van der Waals surface area contributed by atoms with Crippen LogP contribution < -0.4 is 4.74 Å². The van der Waals surface area contributed by atoms with Gasteiger partial charge >= 0.3 is 0 Å². The second-order valence-corrected chi connectivity index (χ2v) is 5.03. The molecule has 0 aliphatic heterocycles. The van der Waals surface area contributed by atoms with E-state index in [2.05, 4.69) is 60.7 Å². The maximum atomic E-state index is 5.30. The molecule has 0 amide bonds. The lowest BCUT2D eigenvalue weighted by atomic mass is 9.97. The van der Waals surface area contributed by atoms with Crippen LogP contribution in [0.4, 0.5) is 0 Å². The van der Waals surface area contributed by atoms with Crippen LogP contribution in [-0.4, -0.2) is 7.11 Å². The van der Waals surface area contributed by atoms with Crippen LogP contribution in [0.25, 0.3) is 32.3 Å². The number of hydrogen-bond donors (Lipinski definition) is 0. The SMILES string of the molecule is COc1ccc2c(ccc3c4ccccc4ccc23)c1. The second-order valence-electron chi connectivity index (χ2n) is 5.03. The van der Waals surface area contributed by atoms with Crippen LogP contribution >= 0.6 is 0 Å². The van der Waals surface area contributed by atoms with Gasteiger partial charge in [0, 0.05) is 0 Å². The Morgan fingerprint density at radius 1 is 0.600 bits per heavy atom. The molecule has 4 aromatic carbocycles. The normalized spacial score (nSPS) is 11.2. The zero-order valence-corrected chi connectivity index (χ0v) is 11.3. The van der Waals surface area contributed by atoms with Gasteiger partial charge in [-0.15, -0.1) is 0 Å². The molecule has 0 aliphatic carbocycles. The average molecular weight is 258 g/mol. The molecule has 0 radical (unpaired) electrons. The van der Waals surface area contributed by atoms with E-state index in [0.29, 0.717) is 0 Å². The van der Waals surface area contributed by atoms with Gasteiger partial charge in [0.2, 0.25) is 0 Å². The summed E-state index contributed by atoms with van der Waals surface area (Å²) in [7, 11) is 1.70. The minimum atomic E-state index is 0.901. The quantitative estimate of drug-likeness (QED) is 0.429. The minimum absolute atomic E-state index is 0.901. The fourth-order valence-electron chi connectivity index (χ4n) is 2.93. The van der Waals surface area contributed by atoms with Gasteiger partial charge in [0.15, 0.2) is 0 Å². The molecule has 0 spiro atoms. The molecular weight excluding hydrogens is 244 g/mol. The van der Waals surface area contributed by atoms with Crippen molar-refractivity contribution in [1.82, 2.24) is 0 Å². The highest BCUT2D eigenvalue weighted by Crippen LogP contribution is 2.32. The summed E-state index contributed by atoms with van der Waals surface area (Å²) in [6.45, 7) is 0. The van der Waals surface area contributed by atoms with Crippen LogP contribution in [0.5, 0.6) is 5.75 Å². The topological polar surface area (TPSA) is 9.23 Å². The zero-order valence-electron chi connectivity index (χ0n) is 11.3. The first-order chi connectivity index (χ1) is 9.86. The van der Waals surface area contributed by atoms with Crippen molar-refractivity contribution < 1.29 is 4.74 Å². The third kappa shape index (κ3) is 1.56. The first-order valence-corrected chi connectivity index (χ1v) is 6.75. The maximum Gasteiger partial charge on any atom is 0.119 e. The molecule has 0 unspecified atom stereocenters. The highest BCUT2D eigenvalue weighted by Gasteiger charge is 2.04. The van der Waals surface area contributed by atoms with Crippen LogP contribution in [0, 0.1) is 0 Å². The number of hydrogen-bond acceptors (Lipinski definition) is 1. The van der Waals surface area contributed by atoms with Crippen LogP contribution in [0.15, 0.2) is 66.7 Å². The van der Waals surface area contributed by atoms with Crippen molar-refractivity contribution in [1.29, 1.82) is 0 Å². The van der Waals surface area contributed by atoms with Gasteiger partial charge in [-0.3, -0.25) is 0 Å². The van der Waals surface area contributed by atoms with Crippen LogP contribution in [-0.2, 0) is 0 Å². The van der Waals surface area contributed by atoms with Crippen molar-refractivity contribution in [3.8, 4) is 5.75 Å². The predicted molar refractivity (Wildman–Crippen MR) is 85.5 cm³/mol. The molecule has 0 fully saturated rings. The molecule has 0 bridgehead atoms. The Balaban J connectivity index is 2.17. The number of methoxy groups -OCH3 is 1. The highest BCUT2D eigenvalue weighted by atomic mass is 16.5. The molecule has 0 aliphatic rings. The Labute approximate surface area is 117 Å². The van der Waals surface area contributed by atoms with Crippen LogP contribution in [0.1, 0.15) is 0 Å². The highest BCUT2D eigenvalue weighted by molar-refractivity contribution is 6.17. The zero-order chi connectivity index (χ0) is 13.5. The van der Waals surface area contributed by atoms with Gasteiger partial charge in [0.1, 0.15) is 5.75 Å². The van der Waals surface area contributed by atoms with Gasteiger partial charge in [-0.05, 0) is 44.5 Å². The standard InChI is InChI=1S/C19H14O/c1-20-15-8-11-17-14(12-15)7-10-18-16-5-3-2-4-13(16)6-9-19(17)18/h2-12H,1H3. The van der Waals surface area contributed by atoms with Gasteiger partial charge in [0.25, 0.3) is 0 Å². The monoisotopic (exact) mass is 258 g/mol. The summed E-state index contributed by atoms with van der Waals surface area (Å²) in [6.07, 6.45) is 0. The van der Waals surface area contributed by atoms with E-state index in [1.807, 2.05) is 6.07 Å². The average Bonchev–Trinajstić information content (AvgIpc) is 2.53. The maximum absolute atomic E-state index is 5.30. The van der Waals surface area contributed by atoms with Crippen molar-refractivity contribution in [2.75, 3.05) is 7.11 Å². The second kappa shape index (κ2) is 4.24. The smallest absolute Gasteiger partial charge is 0.119 e. The lowest BCUT2D eigenvalue weighted by Gasteiger charge is -2.08. The molecular formula is C19H14O. The summed E-state index contributed by atoms with van der Waals surface area (Å²) < 4.78 is 5.30. The molecule has 20 heavy (non-hydrogen) atoms. The van der Waals surface area contributed by atoms with E-state index < -0.39 is 0 Å². The molecule has 0 heterocycles. The van der Waals surface area contributed by atoms with Gasteiger partial charge < -0.3 is 4.74 Å². The van der Waals surface area contributed by atoms with Gasteiger partial charge in [0.05, 0.1) is 7.11 Å². The van der Waals surface area contributed by atoms with Crippen LogP contribution in [0.3, 0.4) is 0 Å². The lowest BCUT2D eigenvalue weighted by molar-refractivity contribution is 0.415. The Bertz CT molecular complexity index is 938. The van der Waals surface area contributed by atoms with Crippen molar-refractivity contribution in [3.63, 3.8) is 0 Å². The molecule has 1 heteroatoms. The molecule has 0 saturated heterocycles. The van der Waals surface area contributed by atoms with E-state index in [9.17, 15) is 0 Å². The molecule has 0 N–H and O–H groups in total. The Hall–Kier alpha value is -2.54. The van der Waals surface area contributed by atoms with E-state index in [1.54, 1.807) is 7.11 Å². The third-order valence-electron chi connectivity index (χ3n) is 3.95. The van der Waals surface area contributed by atoms with Gasteiger partial charge in [-0.2, -0.15) is 0 Å². The Morgan fingerprint density at radius 3 is 2.05 bits per heavy atom. The van der Waals surface area contributed by atoms with E-state index in [1.165, 1.54) is 32.3 Å². The first-order valence-electron chi connectivity index (χ1n) is 6.75. The van der Waals surface area contributed by atoms with E-state index in [-0.39, 0.29) is 0 Å². The summed E-state index contributed by atoms with van der Waals surface area (Å²) in [4.78, 5) is 0. The Kier molecular flexibility index (Phi) is 2.40. The summed E-state index contributed by atoms with van der Waals surface area (Å²) in [5, 5.41) is 7.68. The summed E-state index contributed by atoms with van der Waals surface area (Å²) in [6, 6.07) is 23.6. The van der Waals surface area contributed by atoms with E-state index in [4.69, 9.17) is 4.74 Å². The van der Waals surface area contributed by atoms with Crippen LogP contribution in [0.2, 0.25) is 0 Å². The number of rotatable bonds is 1. The predicted octanol–water partition coefficient (Wildman–Crippen LogP) is 5.15. The van der Waals surface area contributed by atoms with Gasteiger partial charge in [-0.25, -0.2) is 0 Å². The first kappa shape index (κ1) is 11.3. The molecule has 0 atom stereocenters. The molecule has 1 nitrogen and oxygen atoms in total. The molecule has 4 rings (SSSR count). The number of fused-ring (bicyclic) bond motifs is 5. The molecule has 0 aromatic heterocycles. The van der Waals surface area contributed by atoms with Crippen molar-refractivity contribution in [2.24, 2.45) is 0 Å². The lowest BCUT2D eigenvalue weighted by Crippen LogP contribution is -1.84. The fraction of sp³-hybridized carbons (Fsp3) is 0.0526. The van der Waals surface area contributed by atoms with E-state index >= 15 is 0 Å². The van der Waals surface area contributed by atoms with E-state index in [0.717, 1.165) is 5.75 Å². The summed E-state index contributed by atoms with van der Waals surface area (Å²) in [5.74, 6) is 0.901. The summed E-state index contributed by atoms with van der Waals surface area (Å²) in [5.41, 5.74) is 0. The third-order valence-corrected chi connectivity index (χ3v) is 3.95. The number of benzene rings is 4. The largest absolute Gasteiger partial charge is 0.497 e. The fourth-order valence-corrected chi connectivity index (χ4v) is 2.93. The Morgan fingerprint density at radius 2 is 1.25 bits per heavy atom. The number of ether oxygens (including phenoxy) is 1. The molecule has 4 aromatic rings. The van der Waals surface area contributed by atoms with Crippen molar-refractivity contribution in [3.05, 3.63) is 66.7 Å². The molecule has 0 saturated carbocycles.